The standard InChI is InChI=1S/C12H12Cl2O2/c13-12(14)7-10(12)6-11(15)16-8-9-4-2-1-3-5-9/h1-5,10H,6-8H2. The first-order chi connectivity index (χ1) is 7.58. The fraction of sp³-hybridized carbons (Fsp3) is 0.417. The van der Waals surface area contributed by atoms with Gasteiger partial charge in [0.05, 0.1) is 6.42 Å². The molecule has 1 aromatic rings. The maximum absolute atomic E-state index is 11.4. The first-order valence-electron chi connectivity index (χ1n) is 5.15. The summed E-state index contributed by atoms with van der Waals surface area (Å²) >= 11 is 11.7. The number of carbonyl (C=O) groups excluding carboxylic acids is 1. The topological polar surface area (TPSA) is 26.3 Å². The summed E-state index contributed by atoms with van der Waals surface area (Å²) in [7, 11) is 0. The molecule has 0 amide bonds. The molecule has 0 N–H and O–H groups in total. The molecule has 0 bridgehead atoms. The van der Waals surface area contributed by atoms with Gasteiger partial charge in [-0.05, 0) is 12.0 Å². The van der Waals surface area contributed by atoms with E-state index in [2.05, 4.69) is 0 Å². The van der Waals surface area contributed by atoms with Crippen molar-refractivity contribution in [3.63, 3.8) is 0 Å². The van der Waals surface area contributed by atoms with Gasteiger partial charge >= 0.3 is 5.97 Å². The molecule has 2 rings (SSSR count). The zero-order valence-corrected chi connectivity index (χ0v) is 10.2. The molecule has 1 fully saturated rings. The minimum absolute atomic E-state index is 0.0547. The van der Waals surface area contributed by atoms with Crippen LogP contribution in [0.25, 0.3) is 0 Å². The fourth-order valence-corrected chi connectivity index (χ4v) is 2.02. The molecule has 0 aromatic heterocycles. The third-order valence-electron chi connectivity index (χ3n) is 2.61. The van der Waals surface area contributed by atoms with E-state index in [0.717, 1.165) is 5.56 Å². The van der Waals surface area contributed by atoms with Crippen LogP contribution in [0.15, 0.2) is 30.3 Å². The Kier molecular flexibility index (Phi) is 3.41. The average Bonchev–Trinajstić information content (AvgIpc) is 2.84. The second-order valence-electron chi connectivity index (χ2n) is 4.01. The molecule has 0 heterocycles. The summed E-state index contributed by atoms with van der Waals surface area (Å²) in [6, 6.07) is 9.57. The van der Waals surface area contributed by atoms with Crippen molar-refractivity contribution in [1.29, 1.82) is 0 Å². The van der Waals surface area contributed by atoms with Gasteiger partial charge in [0.2, 0.25) is 0 Å². The first kappa shape index (κ1) is 11.7. The Hall–Kier alpha value is -0.730. The lowest BCUT2D eigenvalue weighted by Gasteiger charge is -2.04. The fourth-order valence-electron chi connectivity index (χ4n) is 1.49. The Labute approximate surface area is 104 Å². The van der Waals surface area contributed by atoms with E-state index < -0.39 is 4.33 Å². The van der Waals surface area contributed by atoms with Crippen LogP contribution in [0.2, 0.25) is 0 Å². The Balaban J connectivity index is 1.73. The zero-order valence-electron chi connectivity index (χ0n) is 8.66. The number of esters is 1. The second kappa shape index (κ2) is 4.64. The van der Waals surface area contributed by atoms with Crippen molar-refractivity contribution in [3.05, 3.63) is 35.9 Å². The number of carbonyl (C=O) groups is 1. The molecule has 4 heteroatoms. The minimum atomic E-state index is -0.703. The minimum Gasteiger partial charge on any atom is -0.461 e. The van der Waals surface area contributed by atoms with Gasteiger partial charge in [-0.2, -0.15) is 0 Å². The lowest BCUT2D eigenvalue weighted by Crippen LogP contribution is -2.07. The molecule has 1 aliphatic rings. The molecule has 1 unspecified atom stereocenters. The van der Waals surface area contributed by atoms with E-state index in [0.29, 0.717) is 19.4 Å². The van der Waals surface area contributed by atoms with Crippen LogP contribution in [-0.2, 0) is 16.1 Å². The number of benzene rings is 1. The lowest BCUT2D eigenvalue weighted by molar-refractivity contribution is -0.145. The Morgan fingerprint density at radius 1 is 1.38 bits per heavy atom. The Morgan fingerprint density at radius 2 is 2.00 bits per heavy atom. The van der Waals surface area contributed by atoms with Gasteiger partial charge in [-0.25, -0.2) is 0 Å². The zero-order chi connectivity index (χ0) is 11.6. The number of ether oxygens (including phenoxy) is 1. The van der Waals surface area contributed by atoms with Crippen LogP contribution < -0.4 is 0 Å². The summed E-state index contributed by atoms with van der Waals surface area (Å²) in [5.74, 6) is -0.184. The maximum atomic E-state index is 11.4. The molecule has 1 aromatic carbocycles. The van der Waals surface area contributed by atoms with E-state index in [1.165, 1.54) is 0 Å². The highest BCUT2D eigenvalue weighted by Crippen LogP contribution is 2.54. The van der Waals surface area contributed by atoms with Gasteiger partial charge in [-0.3, -0.25) is 4.79 Å². The molecule has 86 valence electrons. The molecular formula is C12H12Cl2O2. The highest BCUT2D eigenvalue weighted by atomic mass is 35.5. The van der Waals surface area contributed by atoms with Crippen LogP contribution in [-0.4, -0.2) is 10.3 Å². The van der Waals surface area contributed by atoms with Crippen LogP contribution in [0.5, 0.6) is 0 Å². The van der Waals surface area contributed by atoms with E-state index in [1.54, 1.807) is 0 Å². The van der Waals surface area contributed by atoms with Gasteiger partial charge < -0.3 is 4.74 Å². The molecule has 1 aliphatic carbocycles. The summed E-state index contributed by atoms with van der Waals surface area (Å²) in [6.45, 7) is 0.309. The van der Waals surface area contributed by atoms with Crippen LogP contribution in [0, 0.1) is 5.92 Å². The summed E-state index contributed by atoms with van der Waals surface area (Å²) in [6.07, 6.45) is 0.983. The SMILES string of the molecule is O=C(CC1CC1(Cl)Cl)OCc1ccccc1. The second-order valence-corrected chi connectivity index (χ2v) is 5.55. The van der Waals surface area contributed by atoms with Crippen molar-refractivity contribution in [2.45, 2.75) is 23.8 Å². The number of hydrogen-bond acceptors (Lipinski definition) is 2. The van der Waals surface area contributed by atoms with Crippen molar-refractivity contribution in [2.24, 2.45) is 5.92 Å². The summed E-state index contributed by atoms with van der Waals surface area (Å²) in [4.78, 5) is 11.4. The molecule has 1 atom stereocenters. The number of alkyl halides is 2. The lowest BCUT2D eigenvalue weighted by atomic mass is 10.2. The van der Waals surface area contributed by atoms with E-state index >= 15 is 0 Å². The van der Waals surface area contributed by atoms with Gasteiger partial charge in [-0.15, -0.1) is 23.2 Å². The Bertz CT molecular complexity index is 376. The predicted molar refractivity (Wildman–Crippen MR) is 63.4 cm³/mol. The van der Waals surface area contributed by atoms with Crippen molar-refractivity contribution in [1.82, 2.24) is 0 Å². The van der Waals surface area contributed by atoms with E-state index in [-0.39, 0.29) is 11.9 Å². The third-order valence-corrected chi connectivity index (χ3v) is 3.54. The highest BCUT2D eigenvalue weighted by Gasteiger charge is 2.52. The summed E-state index contributed by atoms with van der Waals surface area (Å²) in [5.41, 5.74) is 0.981. The molecule has 16 heavy (non-hydrogen) atoms. The third kappa shape index (κ3) is 3.13. The van der Waals surface area contributed by atoms with Crippen molar-refractivity contribution >= 4 is 29.2 Å². The van der Waals surface area contributed by atoms with Crippen molar-refractivity contribution in [3.8, 4) is 0 Å². The van der Waals surface area contributed by atoms with Crippen LogP contribution in [0.4, 0.5) is 0 Å². The number of hydrogen-bond donors (Lipinski definition) is 0. The van der Waals surface area contributed by atoms with Crippen LogP contribution in [0.3, 0.4) is 0 Å². The number of rotatable bonds is 4. The molecule has 0 spiro atoms. The van der Waals surface area contributed by atoms with E-state index in [1.807, 2.05) is 30.3 Å². The molecule has 0 aliphatic heterocycles. The molecule has 1 saturated carbocycles. The van der Waals surface area contributed by atoms with Gasteiger partial charge in [0.25, 0.3) is 0 Å². The molecule has 0 radical (unpaired) electrons. The molecule has 2 nitrogen and oxygen atoms in total. The normalized spacial score (nSPS) is 21.5. The highest BCUT2D eigenvalue weighted by molar-refractivity contribution is 6.51. The van der Waals surface area contributed by atoms with Gasteiger partial charge in [0.15, 0.2) is 0 Å². The first-order valence-corrected chi connectivity index (χ1v) is 5.91. The predicted octanol–water partition coefficient (Wildman–Crippen LogP) is 3.31. The monoisotopic (exact) mass is 258 g/mol. The maximum Gasteiger partial charge on any atom is 0.306 e. The van der Waals surface area contributed by atoms with Crippen molar-refractivity contribution in [2.75, 3.05) is 0 Å². The van der Waals surface area contributed by atoms with Crippen molar-refractivity contribution < 1.29 is 9.53 Å². The van der Waals surface area contributed by atoms with Gasteiger partial charge in [0.1, 0.15) is 10.9 Å². The summed E-state index contributed by atoms with van der Waals surface area (Å²) in [5, 5.41) is 0. The molecular weight excluding hydrogens is 247 g/mol. The largest absolute Gasteiger partial charge is 0.461 e. The molecule has 0 saturated heterocycles. The van der Waals surface area contributed by atoms with Crippen LogP contribution >= 0.6 is 23.2 Å². The number of halogens is 2. The average molecular weight is 259 g/mol. The van der Waals surface area contributed by atoms with Gasteiger partial charge in [0, 0.05) is 5.92 Å². The summed E-state index contributed by atoms with van der Waals surface area (Å²) < 4.78 is 4.41. The quantitative estimate of drug-likeness (QED) is 0.612. The Morgan fingerprint density at radius 3 is 2.56 bits per heavy atom. The van der Waals surface area contributed by atoms with Gasteiger partial charge in [-0.1, -0.05) is 30.3 Å². The van der Waals surface area contributed by atoms with E-state index in [9.17, 15) is 4.79 Å². The smallest absolute Gasteiger partial charge is 0.306 e. The van der Waals surface area contributed by atoms with Crippen LogP contribution in [0.1, 0.15) is 18.4 Å². The van der Waals surface area contributed by atoms with E-state index in [4.69, 9.17) is 27.9 Å².